The molecular formula is C25H29FN2O3. The number of halogens is 1. The summed E-state index contributed by atoms with van der Waals surface area (Å²) in [7, 11) is 0. The highest BCUT2D eigenvalue weighted by Gasteiger charge is 2.44. The Balaban J connectivity index is 1.38. The Bertz CT molecular complexity index is 917. The minimum absolute atomic E-state index is 0.00476. The lowest BCUT2D eigenvalue weighted by Gasteiger charge is -2.28. The second-order valence-corrected chi connectivity index (χ2v) is 8.48. The Morgan fingerprint density at radius 2 is 1.61 bits per heavy atom. The lowest BCUT2D eigenvalue weighted by atomic mass is 9.77. The SMILES string of the molecule is O=C(COc1ccc(NC(=O)C2(c3ccccc3F)CCCC2)cc1)N1CCCCC1. The number of carbonyl (C=O) groups excluding carboxylic acids is 2. The van der Waals surface area contributed by atoms with Crippen molar-refractivity contribution in [3.63, 3.8) is 0 Å². The first-order valence-corrected chi connectivity index (χ1v) is 11.2. The lowest BCUT2D eigenvalue weighted by Crippen LogP contribution is -2.38. The molecule has 0 aromatic heterocycles. The number of likely N-dealkylation sites (tertiary alicyclic amines) is 1. The average Bonchev–Trinajstić information content (AvgIpc) is 3.30. The largest absolute Gasteiger partial charge is 0.484 e. The molecule has 6 heteroatoms. The summed E-state index contributed by atoms with van der Waals surface area (Å²) < 4.78 is 20.1. The van der Waals surface area contributed by atoms with Crippen molar-refractivity contribution in [3.8, 4) is 5.75 Å². The van der Waals surface area contributed by atoms with Gasteiger partial charge in [0, 0.05) is 24.3 Å². The Hall–Kier alpha value is -2.89. The first-order valence-electron chi connectivity index (χ1n) is 11.2. The van der Waals surface area contributed by atoms with Crippen LogP contribution in [0.4, 0.5) is 10.1 Å². The van der Waals surface area contributed by atoms with Crippen molar-refractivity contribution in [2.75, 3.05) is 25.0 Å². The fraction of sp³-hybridized carbons (Fsp3) is 0.440. The molecule has 0 atom stereocenters. The molecule has 2 fully saturated rings. The molecule has 1 aliphatic heterocycles. The Labute approximate surface area is 182 Å². The quantitative estimate of drug-likeness (QED) is 0.733. The Morgan fingerprint density at radius 3 is 2.29 bits per heavy atom. The molecule has 2 aliphatic rings. The van der Waals surface area contributed by atoms with E-state index in [1.54, 1.807) is 42.5 Å². The highest BCUT2D eigenvalue weighted by molar-refractivity contribution is 5.99. The van der Waals surface area contributed by atoms with Gasteiger partial charge < -0.3 is 15.0 Å². The van der Waals surface area contributed by atoms with E-state index in [9.17, 15) is 14.0 Å². The summed E-state index contributed by atoms with van der Waals surface area (Å²) in [5.41, 5.74) is 0.268. The maximum absolute atomic E-state index is 14.5. The lowest BCUT2D eigenvalue weighted by molar-refractivity contribution is -0.134. The molecule has 0 unspecified atom stereocenters. The van der Waals surface area contributed by atoms with Gasteiger partial charge in [-0.15, -0.1) is 0 Å². The van der Waals surface area contributed by atoms with Crippen molar-refractivity contribution in [1.82, 2.24) is 4.90 Å². The molecule has 0 radical (unpaired) electrons. The number of piperidine rings is 1. The highest BCUT2D eigenvalue weighted by Crippen LogP contribution is 2.43. The third kappa shape index (κ3) is 4.73. The number of hydrogen-bond acceptors (Lipinski definition) is 3. The number of ether oxygens (including phenoxy) is 1. The zero-order valence-corrected chi connectivity index (χ0v) is 17.7. The van der Waals surface area contributed by atoms with Crippen LogP contribution in [0.5, 0.6) is 5.75 Å². The van der Waals surface area contributed by atoms with Crippen LogP contribution in [0, 0.1) is 5.82 Å². The van der Waals surface area contributed by atoms with Gasteiger partial charge in [0.15, 0.2) is 6.61 Å². The number of carbonyl (C=O) groups is 2. The smallest absolute Gasteiger partial charge is 0.260 e. The first-order chi connectivity index (χ1) is 15.1. The maximum atomic E-state index is 14.5. The van der Waals surface area contributed by atoms with Gasteiger partial charge >= 0.3 is 0 Å². The van der Waals surface area contributed by atoms with E-state index in [2.05, 4.69) is 5.32 Å². The van der Waals surface area contributed by atoms with Gasteiger partial charge in [-0.3, -0.25) is 9.59 Å². The number of nitrogens with one attached hydrogen (secondary N) is 1. The minimum atomic E-state index is -0.832. The summed E-state index contributed by atoms with van der Waals surface area (Å²) in [5.74, 6) is 0.0731. The molecule has 0 bridgehead atoms. The summed E-state index contributed by atoms with van der Waals surface area (Å²) in [4.78, 5) is 27.3. The van der Waals surface area contributed by atoms with Gasteiger partial charge in [0.2, 0.25) is 5.91 Å². The minimum Gasteiger partial charge on any atom is -0.484 e. The van der Waals surface area contributed by atoms with Crippen LogP contribution in [-0.2, 0) is 15.0 Å². The van der Waals surface area contributed by atoms with Crippen molar-refractivity contribution < 1.29 is 18.7 Å². The molecule has 1 heterocycles. The van der Waals surface area contributed by atoms with Crippen molar-refractivity contribution in [2.24, 2.45) is 0 Å². The topological polar surface area (TPSA) is 58.6 Å². The van der Waals surface area contributed by atoms with E-state index >= 15 is 0 Å². The van der Waals surface area contributed by atoms with Crippen LogP contribution < -0.4 is 10.1 Å². The number of benzene rings is 2. The number of anilines is 1. The molecule has 1 aliphatic carbocycles. The second kappa shape index (κ2) is 9.50. The highest BCUT2D eigenvalue weighted by atomic mass is 19.1. The van der Waals surface area contributed by atoms with Gasteiger partial charge in [-0.05, 0) is 62.4 Å². The van der Waals surface area contributed by atoms with E-state index in [0.29, 0.717) is 29.8 Å². The molecule has 0 spiro atoms. The van der Waals surface area contributed by atoms with E-state index in [4.69, 9.17) is 4.74 Å². The molecule has 2 aromatic carbocycles. The Kier molecular flexibility index (Phi) is 6.54. The van der Waals surface area contributed by atoms with Crippen LogP contribution in [0.1, 0.15) is 50.5 Å². The average molecular weight is 425 g/mol. The fourth-order valence-electron chi connectivity index (χ4n) is 4.71. The van der Waals surface area contributed by atoms with E-state index in [1.807, 2.05) is 4.90 Å². The van der Waals surface area contributed by atoms with Gasteiger partial charge in [-0.2, -0.15) is 0 Å². The van der Waals surface area contributed by atoms with E-state index in [0.717, 1.165) is 38.8 Å². The second-order valence-electron chi connectivity index (χ2n) is 8.48. The molecule has 2 aromatic rings. The van der Waals surface area contributed by atoms with Gasteiger partial charge in [0.05, 0.1) is 5.41 Å². The van der Waals surface area contributed by atoms with Gasteiger partial charge in [-0.1, -0.05) is 31.0 Å². The van der Waals surface area contributed by atoms with Crippen LogP contribution in [-0.4, -0.2) is 36.4 Å². The predicted molar refractivity (Wildman–Crippen MR) is 118 cm³/mol. The molecule has 2 amide bonds. The summed E-state index contributed by atoms with van der Waals surface area (Å²) >= 11 is 0. The molecule has 1 saturated carbocycles. The van der Waals surface area contributed by atoms with Crippen LogP contribution in [0.15, 0.2) is 48.5 Å². The first kappa shape index (κ1) is 21.3. The molecule has 5 nitrogen and oxygen atoms in total. The van der Waals surface area contributed by atoms with Crippen LogP contribution >= 0.6 is 0 Å². The fourth-order valence-corrected chi connectivity index (χ4v) is 4.71. The summed E-state index contributed by atoms with van der Waals surface area (Å²) in [6, 6.07) is 13.5. The normalized spacial score (nSPS) is 17.9. The monoisotopic (exact) mass is 424 g/mol. The molecule has 1 saturated heterocycles. The van der Waals surface area contributed by atoms with E-state index in [1.165, 1.54) is 12.5 Å². The number of rotatable bonds is 6. The molecule has 164 valence electrons. The van der Waals surface area contributed by atoms with Gasteiger partial charge in [0.25, 0.3) is 5.91 Å². The molecular weight excluding hydrogens is 395 g/mol. The van der Waals surface area contributed by atoms with Crippen molar-refractivity contribution in [2.45, 2.75) is 50.4 Å². The number of amides is 2. The van der Waals surface area contributed by atoms with E-state index in [-0.39, 0.29) is 24.2 Å². The summed E-state index contributed by atoms with van der Waals surface area (Å²) in [5, 5.41) is 2.96. The maximum Gasteiger partial charge on any atom is 0.260 e. The number of hydrogen-bond donors (Lipinski definition) is 1. The van der Waals surface area contributed by atoms with Crippen molar-refractivity contribution >= 4 is 17.5 Å². The predicted octanol–water partition coefficient (Wildman–Crippen LogP) is 4.67. The third-order valence-corrected chi connectivity index (χ3v) is 6.46. The zero-order valence-electron chi connectivity index (χ0n) is 17.7. The number of nitrogens with zero attached hydrogens (tertiary/aromatic N) is 1. The summed E-state index contributed by atoms with van der Waals surface area (Å²) in [6.45, 7) is 1.62. The summed E-state index contributed by atoms with van der Waals surface area (Å²) in [6.07, 6.45) is 6.36. The molecule has 31 heavy (non-hydrogen) atoms. The third-order valence-electron chi connectivity index (χ3n) is 6.46. The van der Waals surface area contributed by atoms with Crippen LogP contribution in [0.2, 0.25) is 0 Å². The van der Waals surface area contributed by atoms with Crippen molar-refractivity contribution in [1.29, 1.82) is 0 Å². The van der Waals surface area contributed by atoms with Gasteiger partial charge in [0.1, 0.15) is 11.6 Å². The van der Waals surface area contributed by atoms with Crippen LogP contribution in [0.3, 0.4) is 0 Å². The molecule has 1 N–H and O–H groups in total. The zero-order chi connectivity index (χ0) is 21.7. The molecule has 4 rings (SSSR count). The van der Waals surface area contributed by atoms with E-state index < -0.39 is 5.41 Å². The van der Waals surface area contributed by atoms with Crippen molar-refractivity contribution in [3.05, 3.63) is 59.9 Å². The Morgan fingerprint density at radius 1 is 0.935 bits per heavy atom. The van der Waals surface area contributed by atoms with Gasteiger partial charge in [-0.25, -0.2) is 4.39 Å². The van der Waals surface area contributed by atoms with Crippen LogP contribution in [0.25, 0.3) is 0 Å². The standard InChI is InChI=1S/C25H29FN2O3/c26-22-9-3-2-8-21(22)25(14-4-5-15-25)24(30)27-19-10-12-20(13-11-19)31-18-23(29)28-16-6-1-7-17-28/h2-3,8-13H,1,4-7,14-18H2,(H,27,30).